The quantitative estimate of drug-likeness (QED) is 0.355. The predicted octanol–water partition coefficient (Wildman–Crippen LogP) is 2.16. The van der Waals surface area contributed by atoms with Gasteiger partial charge in [0.2, 0.25) is 5.52 Å². The van der Waals surface area contributed by atoms with Crippen LogP contribution in [0, 0.1) is 10.1 Å². The molecule has 1 heterocycles. The summed E-state index contributed by atoms with van der Waals surface area (Å²) < 4.78 is 4.86. The highest BCUT2D eigenvalue weighted by atomic mass is 35.5. The van der Waals surface area contributed by atoms with Crippen molar-refractivity contribution in [3.05, 3.63) is 33.9 Å². The van der Waals surface area contributed by atoms with Crippen LogP contribution in [0.2, 0.25) is 0 Å². The number of alkyl halides is 1. The summed E-state index contributed by atoms with van der Waals surface area (Å²) in [6, 6.07) is 3.77. The monoisotopic (exact) mass is 240 g/mol. The molecule has 0 spiro atoms. The molecule has 0 bridgehead atoms. The van der Waals surface area contributed by atoms with Gasteiger partial charge in [-0.1, -0.05) is 0 Å². The lowest BCUT2D eigenvalue weighted by atomic mass is 10.1. The van der Waals surface area contributed by atoms with Crippen molar-refractivity contribution in [2.45, 2.75) is 0 Å². The molecule has 82 valence electrons. The minimum absolute atomic E-state index is 0.151. The molecule has 1 aromatic carbocycles. The highest BCUT2D eigenvalue weighted by molar-refractivity contribution is 6.30. The molecular formula is C9H5ClN2O4. The Labute approximate surface area is 94.0 Å². The summed E-state index contributed by atoms with van der Waals surface area (Å²) in [6.45, 7) is 0. The van der Waals surface area contributed by atoms with Crippen molar-refractivity contribution in [1.29, 1.82) is 0 Å². The van der Waals surface area contributed by atoms with Crippen LogP contribution in [0.4, 0.5) is 6.01 Å². The Bertz CT molecular complexity index is 578. The molecule has 0 radical (unpaired) electrons. The highest BCUT2D eigenvalue weighted by Crippen LogP contribution is 2.21. The van der Waals surface area contributed by atoms with Crippen LogP contribution in [0.1, 0.15) is 10.4 Å². The maximum Gasteiger partial charge on any atom is 0.546 e. The van der Waals surface area contributed by atoms with Gasteiger partial charge in [0, 0.05) is 15.5 Å². The van der Waals surface area contributed by atoms with E-state index in [2.05, 4.69) is 4.98 Å². The number of fused-ring (bicyclic) bond motifs is 1. The standard InChI is InChI=1S/C9H5ClN2O4/c10-4-7(13)5-1-2-6-8(3-5)16-9(11-6)12(14)15/h1-3H,4H2. The van der Waals surface area contributed by atoms with Gasteiger partial charge in [-0.25, -0.2) is 0 Å². The molecule has 1 aromatic heterocycles. The molecular weight excluding hydrogens is 236 g/mol. The molecule has 0 aliphatic rings. The molecule has 0 atom stereocenters. The molecule has 6 nitrogen and oxygen atoms in total. The molecule has 0 saturated carbocycles. The molecule has 2 aromatic rings. The SMILES string of the molecule is O=C(CCl)c1ccc2nc([N+](=O)[O-])oc2c1. The number of hydrogen-bond acceptors (Lipinski definition) is 5. The van der Waals surface area contributed by atoms with Gasteiger partial charge in [-0.2, -0.15) is 0 Å². The van der Waals surface area contributed by atoms with E-state index < -0.39 is 10.9 Å². The van der Waals surface area contributed by atoms with E-state index in [0.29, 0.717) is 11.1 Å². The Morgan fingerprint density at radius 2 is 2.31 bits per heavy atom. The summed E-state index contributed by atoms with van der Waals surface area (Å²) in [5.41, 5.74) is 0.869. The summed E-state index contributed by atoms with van der Waals surface area (Å²) in [5.74, 6) is -0.426. The second kappa shape index (κ2) is 3.90. The number of carbonyl (C=O) groups excluding carboxylic acids is 1. The first kappa shape index (κ1) is 10.6. The van der Waals surface area contributed by atoms with Crippen molar-refractivity contribution < 1.29 is 14.1 Å². The van der Waals surface area contributed by atoms with Crippen molar-refractivity contribution >= 4 is 34.5 Å². The molecule has 0 aliphatic heterocycles. The summed E-state index contributed by atoms with van der Waals surface area (Å²) >= 11 is 5.39. The van der Waals surface area contributed by atoms with Gasteiger partial charge in [0.25, 0.3) is 0 Å². The number of Topliss-reactive ketones (excluding diaryl/α,β-unsaturated/α-hetero) is 1. The van der Waals surface area contributed by atoms with Gasteiger partial charge >= 0.3 is 6.01 Å². The number of halogens is 1. The first-order valence-corrected chi connectivity index (χ1v) is 4.79. The predicted molar refractivity (Wildman–Crippen MR) is 55.7 cm³/mol. The molecule has 0 amide bonds. The van der Waals surface area contributed by atoms with Crippen LogP contribution in [0.25, 0.3) is 11.1 Å². The van der Waals surface area contributed by atoms with E-state index in [4.69, 9.17) is 16.0 Å². The maximum absolute atomic E-state index is 11.3. The van der Waals surface area contributed by atoms with Crippen molar-refractivity contribution in [3.8, 4) is 0 Å². The minimum Gasteiger partial charge on any atom is -0.381 e. The van der Waals surface area contributed by atoms with Crippen LogP contribution < -0.4 is 0 Å². The van der Waals surface area contributed by atoms with E-state index in [9.17, 15) is 14.9 Å². The van der Waals surface area contributed by atoms with Crippen LogP contribution in [0.3, 0.4) is 0 Å². The number of ketones is 1. The van der Waals surface area contributed by atoms with E-state index >= 15 is 0 Å². The third-order valence-electron chi connectivity index (χ3n) is 1.98. The number of hydrogen-bond donors (Lipinski definition) is 0. The third kappa shape index (κ3) is 1.74. The van der Waals surface area contributed by atoms with E-state index in [1.165, 1.54) is 18.2 Å². The topological polar surface area (TPSA) is 86.2 Å². The van der Waals surface area contributed by atoms with Crippen LogP contribution in [-0.2, 0) is 0 Å². The molecule has 0 N–H and O–H groups in total. The van der Waals surface area contributed by atoms with Gasteiger partial charge in [0.1, 0.15) is 0 Å². The summed E-state index contributed by atoms with van der Waals surface area (Å²) in [5, 5.41) is 10.4. The first-order chi connectivity index (χ1) is 7.61. The number of aromatic nitrogens is 1. The number of benzene rings is 1. The van der Waals surface area contributed by atoms with E-state index in [1.807, 2.05) is 0 Å². The summed E-state index contributed by atoms with van der Waals surface area (Å²) in [6.07, 6.45) is 0. The Balaban J connectivity index is 2.53. The third-order valence-corrected chi connectivity index (χ3v) is 2.22. The average molecular weight is 241 g/mol. The zero-order chi connectivity index (χ0) is 11.7. The number of nitro groups is 1. The van der Waals surface area contributed by atoms with Crippen LogP contribution in [-0.4, -0.2) is 21.6 Å². The zero-order valence-corrected chi connectivity index (χ0v) is 8.60. The van der Waals surface area contributed by atoms with E-state index in [0.717, 1.165) is 0 Å². The Hall–Kier alpha value is -1.95. The summed E-state index contributed by atoms with van der Waals surface area (Å²) in [4.78, 5) is 24.6. The normalized spacial score (nSPS) is 10.6. The smallest absolute Gasteiger partial charge is 0.381 e. The number of carbonyl (C=O) groups is 1. The Kier molecular flexibility index (Phi) is 2.57. The largest absolute Gasteiger partial charge is 0.546 e. The van der Waals surface area contributed by atoms with Crippen molar-refractivity contribution in [3.63, 3.8) is 0 Å². The highest BCUT2D eigenvalue weighted by Gasteiger charge is 2.18. The number of nitrogens with zero attached hydrogens (tertiary/aromatic N) is 2. The van der Waals surface area contributed by atoms with Gasteiger partial charge in [-0.15, -0.1) is 11.6 Å². The van der Waals surface area contributed by atoms with E-state index in [1.54, 1.807) is 0 Å². The molecule has 0 fully saturated rings. The maximum atomic E-state index is 11.3. The molecule has 0 aliphatic carbocycles. The van der Waals surface area contributed by atoms with Crippen molar-refractivity contribution in [2.75, 3.05) is 5.88 Å². The minimum atomic E-state index is -0.733. The van der Waals surface area contributed by atoms with Gasteiger partial charge in [-0.3, -0.25) is 4.79 Å². The Morgan fingerprint density at radius 3 is 2.94 bits per heavy atom. The number of rotatable bonds is 3. The average Bonchev–Trinajstić information content (AvgIpc) is 2.70. The molecule has 2 rings (SSSR count). The van der Waals surface area contributed by atoms with E-state index in [-0.39, 0.29) is 17.2 Å². The van der Waals surface area contributed by atoms with Gasteiger partial charge < -0.3 is 14.5 Å². The summed E-state index contributed by atoms with van der Waals surface area (Å²) in [7, 11) is 0. The lowest BCUT2D eigenvalue weighted by Gasteiger charge is -1.93. The fourth-order valence-electron chi connectivity index (χ4n) is 1.24. The molecule has 7 heteroatoms. The lowest BCUT2D eigenvalue weighted by Crippen LogP contribution is -1.99. The first-order valence-electron chi connectivity index (χ1n) is 4.26. The lowest BCUT2D eigenvalue weighted by molar-refractivity contribution is -0.406. The second-order valence-electron chi connectivity index (χ2n) is 2.99. The molecule has 0 saturated heterocycles. The fraction of sp³-hybridized carbons (Fsp3) is 0.111. The van der Waals surface area contributed by atoms with Crippen LogP contribution in [0.15, 0.2) is 22.6 Å². The van der Waals surface area contributed by atoms with Gasteiger partial charge in [0.15, 0.2) is 11.4 Å². The van der Waals surface area contributed by atoms with Crippen LogP contribution >= 0.6 is 11.6 Å². The molecule has 16 heavy (non-hydrogen) atoms. The molecule has 0 unspecified atom stereocenters. The fourth-order valence-corrected chi connectivity index (χ4v) is 1.40. The zero-order valence-electron chi connectivity index (χ0n) is 7.84. The number of oxazole rings is 1. The van der Waals surface area contributed by atoms with Crippen LogP contribution in [0.5, 0.6) is 0 Å². The second-order valence-corrected chi connectivity index (χ2v) is 3.26. The van der Waals surface area contributed by atoms with Crippen molar-refractivity contribution in [1.82, 2.24) is 4.98 Å². The van der Waals surface area contributed by atoms with Gasteiger partial charge in [0.05, 0.1) is 5.88 Å². The van der Waals surface area contributed by atoms with Gasteiger partial charge in [-0.05, 0) is 18.2 Å². The van der Waals surface area contributed by atoms with Crippen molar-refractivity contribution in [2.24, 2.45) is 0 Å². The Morgan fingerprint density at radius 1 is 1.56 bits per heavy atom.